The first kappa shape index (κ1) is 17.9. The predicted octanol–water partition coefficient (Wildman–Crippen LogP) is 4.30. The number of anilines is 3. The number of nitrogens with zero attached hydrogens (tertiary/aromatic N) is 3. The van der Waals surface area contributed by atoms with Crippen LogP contribution in [-0.2, 0) is 4.79 Å². The fraction of sp³-hybridized carbons (Fsp3) is 0.100. The van der Waals surface area contributed by atoms with Gasteiger partial charge >= 0.3 is 5.97 Å². The zero-order chi connectivity index (χ0) is 19.5. The van der Waals surface area contributed by atoms with Crippen molar-refractivity contribution in [3.8, 4) is 11.3 Å². The highest BCUT2D eigenvalue weighted by molar-refractivity contribution is 7.18. The molecule has 2 aromatic carbocycles. The molecule has 0 spiro atoms. The van der Waals surface area contributed by atoms with Crippen molar-refractivity contribution in [2.24, 2.45) is 0 Å². The van der Waals surface area contributed by atoms with E-state index in [1.165, 1.54) is 0 Å². The number of aryl methyl sites for hydroxylation is 1. The predicted molar refractivity (Wildman–Crippen MR) is 111 cm³/mol. The van der Waals surface area contributed by atoms with Crippen LogP contribution < -0.4 is 10.6 Å². The standard InChI is InChI=1S/C20H17N5O2S/c1-12-22-16-9-14(7-8-17(16)28-12)23-18-10-15(13-5-3-2-4-6-13)24-20(25-18)21-11-19(26)27/h2-10H,11H2,1H3,(H,26,27)(H2,21,23,24,25). The van der Waals surface area contributed by atoms with Crippen molar-refractivity contribution in [3.05, 3.63) is 59.6 Å². The molecular formula is C20H17N5O2S. The molecule has 0 saturated heterocycles. The zero-order valence-corrected chi connectivity index (χ0v) is 15.8. The number of nitrogens with one attached hydrogen (secondary N) is 2. The van der Waals surface area contributed by atoms with Gasteiger partial charge in [0.15, 0.2) is 0 Å². The lowest BCUT2D eigenvalue weighted by Crippen LogP contribution is -2.15. The highest BCUT2D eigenvalue weighted by Crippen LogP contribution is 2.27. The molecule has 0 aliphatic carbocycles. The van der Waals surface area contributed by atoms with Gasteiger partial charge in [0.1, 0.15) is 12.4 Å². The number of hydrogen-bond donors (Lipinski definition) is 3. The van der Waals surface area contributed by atoms with Gasteiger partial charge in [-0.05, 0) is 25.1 Å². The molecule has 0 amide bonds. The number of hydrogen-bond acceptors (Lipinski definition) is 7. The van der Waals surface area contributed by atoms with Crippen LogP contribution in [0, 0.1) is 6.92 Å². The molecule has 3 N–H and O–H groups in total. The molecule has 0 unspecified atom stereocenters. The Balaban J connectivity index is 1.69. The van der Waals surface area contributed by atoms with Gasteiger partial charge in [-0.25, -0.2) is 9.97 Å². The molecule has 140 valence electrons. The minimum absolute atomic E-state index is 0.247. The lowest BCUT2D eigenvalue weighted by molar-refractivity contribution is -0.134. The SMILES string of the molecule is Cc1nc2cc(Nc3cc(-c4ccccc4)nc(NCC(=O)O)n3)ccc2s1. The van der Waals surface area contributed by atoms with E-state index in [2.05, 4.69) is 25.6 Å². The fourth-order valence-corrected chi connectivity index (χ4v) is 3.58. The molecular weight excluding hydrogens is 374 g/mol. The van der Waals surface area contributed by atoms with Crippen molar-refractivity contribution in [1.82, 2.24) is 15.0 Å². The third-order valence-corrected chi connectivity index (χ3v) is 4.91. The van der Waals surface area contributed by atoms with Crippen LogP contribution in [0.3, 0.4) is 0 Å². The lowest BCUT2D eigenvalue weighted by atomic mass is 10.1. The van der Waals surface area contributed by atoms with E-state index in [1.54, 1.807) is 11.3 Å². The molecule has 8 heteroatoms. The van der Waals surface area contributed by atoms with Crippen molar-refractivity contribution >= 4 is 45.0 Å². The van der Waals surface area contributed by atoms with Gasteiger partial charge < -0.3 is 15.7 Å². The Morgan fingerprint density at radius 2 is 1.89 bits per heavy atom. The summed E-state index contributed by atoms with van der Waals surface area (Å²) >= 11 is 1.65. The number of thiazole rings is 1. The van der Waals surface area contributed by atoms with Crippen LogP contribution in [0.2, 0.25) is 0 Å². The summed E-state index contributed by atoms with van der Waals surface area (Å²) < 4.78 is 1.12. The Morgan fingerprint density at radius 1 is 1.07 bits per heavy atom. The first-order valence-corrected chi connectivity index (χ1v) is 9.43. The third kappa shape index (κ3) is 4.07. The first-order chi connectivity index (χ1) is 13.6. The van der Waals surface area contributed by atoms with Crippen LogP contribution in [0.25, 0.3) is 21.5 Å². The maximum absolute atomic E-state index is 10.9. The van der Waals surface area contributed by atoms with Crippen LogP contribution in [0.1, 0.15) is 5.01 Å². The van der Waals surface area contributed by atoms with Gasteiger partial charge in [-0.15, -0.1) is 11.3 Å². The van der Waals surface area contributed by atoms with Gasteiger partial charge in [0.2, 0.25) is 5.95 Å². The molecule has 0 fully saturated rings. The van der Waals surface area contributed by atoms with Gasteiger partial charge in [-0.1, -0.05) is 30.3 Å². The zero-order valence-electron chi connectivity index (χ0n) is 15.0. The highest BCUT2D eigenvalue weighted by atomic mass is 32.1. The van der Waals surface area contributed by atoms with Gasteiger partial charge in [0.05, 0.1) is 20.9 Å². The van der Waals surface area contributed by atoms with Crippen LogP contribution in [-0.4, -0.2) is 32.6 Å². The summed E-state index contributed by atoms with van der Waals surface area (Å²) in [4.78, 5) is 24.2. The number of benzene rings is 2. The van der Waals surface area contributed by atoms with E-state index < -0.39 is 5.97 Å². The molecule has 4 rings (SSSR count). The molecule has 0 saturated carbocycles. The minimum Gasteiger partial charge on any atom is -0.480 e. The van der Waals surface area contributed by atoms with Crippen molar-refractivity contribution in [1.29, 1.82) is 0 Å². The largest absolute Gasteiger partial charge is 0.480 e. The monoisotopic (exact) mass is 391 g/mol. The quantitative estimate of drug-likeness (QED) is 0.450. The molecule has 28 heavy (non-hydrogen) atoms. The number of aliphatic carboxylic acids is 1. The van der Waals surface area contributed by atoms with Crippen LogP contribution in [0.5, 0.6) is 0 Å². The Kier molecular flexibility index (Phi) is 4.86. The maximum Gasteiger partial charge on any atom is 0.322 e. The maximum atomic E-state index is 10.9. The van der Waals surface area contributed by atoms with Crippen molar-refractivity contribution in [2.75, 3.05) is 17.2 Å². The van der Waals surface area contributed by atoms with Crippen molar-refractivity contribution in [2.45, 2.75) is 6.92 Å². The summed E-state index contributed by atoms with van der Waals surface area (Å²) in [5.41, 5.74) is 3.38. The summed E-state index contributed by atoms with van der Waals surface area (Å²) in [5.74, 6) is -0.169. The van der Waals surface area contributed by atoms with E-state index in [0.29, 0.717) is 11.5 Å². The lowest BCUT2D eigenvalue weighted by Gasteiger charge is -2.11. The Bertz CT molecular complexity index is 1140. The number of carbonyl (C=O) groups is 1. The summed E-state index contributed by atoms with van der Waals surface area (Å²) in [6, 6.07) is 17.4. The molecule has 4 aromatic rings. The molecule has 0 bridgehead atoms. The topological polar surface area (TPSA) is 100 Å². The van der Waals surface area contributed by atoms with E-state index in [4.69, 9.17) is 5.11 Å². The second kappa shape index (κ2) is 7.61. The second-order valence-corrected chi connectivity index (χ2v) is 7.35. The number of carboxylic acid groups (broad SMARTS) is 1. The van der Waals surface area contributed by atoms with E-state index in [-0.39, 0.29) is 12.5 Å². The summed E-state index contributed by atoms with van der Waals surface area (Å²) in [5, 5.41) is 16.0. The number of aromatic nitrogens is 3. The van der Waals surface area contributed by atoms with Crippen LogP contribution >= 0.6 is 11.3 Å². The van der Waals surface area contributed by atoms with E-state index in [1.807, 2.05) is 61.5 Å². The van der Waals surface area contributed by atoms with Gasteiger partial charge in [-0.3, -0.25) is 4.79 Å². The van der Waals surface area contributed by atoms with Gasteiger partial charge in [0, 0.05) is 17.3 Å². The minimum atomic E-state index is -0.979. The summed E-state index contributed by atoms with van der Waals surface area (Å²) in [7, 11) is 0. The van der Waals surface area contributed by atoms with Crippen LogP contribution in [0.15, 0.2) is 54.6 Å². The molecule has 2 aromatic heterocycles. The van der Waals surface area contributed by atoms with E-state index >= 15 is 0 Å². The Hall–Kier alpha value is -3.52. The average molecular weight is 391 g/mol. The Morgan fingerprint density at radius 3 is 2.68 bits per heavy atom. The highest BCUT2D eigenvalue weighted by Gasteiger charge is 2.09. The van der Waals surface area contributed by atoms with Gasteiger partial charge in [-0.2, -0.15) is 4.98 Å². The molecule has 0 aliphatic heterocycles. The number of rotatable bonds is 6. The fourth-order valence-electron chi connectivity index (χ4n) is 2.77. The summed E-state index contributed by atoms with van der Waals surface area (Å²) in [6.07, 6.45) is 0. The first-order valence-electron chi connectivity index (χ1n) is 8.61. The number of carboxylic acids is 1. The van der Waals surface area contributed by atoms with Gasteiger partial charge in [0.25, 0.3) is 0 Å². The number of fused-ring (bicyclic) bond motifs is 1. The molecule has 0 atom stereocenters. The molecule has 0 radical (unpaired) electrons. The molecule has 0 aliphatic rings. The molecule has 2 heterocycles. The van der Waals surface area contributed by atoms with Crippen molar-refractivity contribution in [3.63, 3.8) is 0 Å². The summed E-state index contributed by atoms with van der Waals surface area (Å²) in [6.45, 7) is 1.72. The normalized spacial score (nSPS) is 10.8. The van der Waals surface area contributed by atoms with E-state index in [0.717, 1.165) is 26.5 Å². The van der Waals surface area contributed by atoms with Crippen LogP contribution in [0.4, 0.5) is 17.5 Å². The second-order valence-electron chi connectivity index (χ2n) is 6.12. The van der Waals surface area contributed by atoms with Crippen molar-refractivity contribution < 1.29 is 9.90 Å². The Labute approximate surface area is 165 Å². The molecule has 7 nitrogen and oxygen atoms in total. The third-order valence-electron chi connectivity index (χ3n) is 3.96. The average Bonchev–Trinajstić information content (AvgIpc) is 3.06. The smallest absolute Gasteiger partial charge is 0.322 e. The van der Waals surface area contributed by atoms with E-state index in [9.17, 15) is 4.79 Å².